The van der Waals surface area contributed by atoms with Crippen LogP contribution in [0.2, 0.25) is 0 Å². The highest BCUT2D eigenvalue weighted by atomic mass is 15.3. The summed E-state index contributed by atoms with van der Waals surface area (Å²) in [6.45, 7) is 8.08. The third kappa shape index (κ3) is 2.82. The lowest BCUT2D eigenvalue weighted by molar-refractivity contribution is 0.0666. The SMILES string of the molecule is CCC1CNC(C)(C2CC2)CN1Cc1ccncc1. The van der Waals surface area contributed by atoms with Crippen molar-refractivity contribution < 1.29 is 0 Å². The van der Waals surface area contributed by atoms with Gasteiger partial charge in [-0.3, -0.25) is 9.88 Å². The monoisotopic (exact) mass is 259 g/mol. The minimum Gasteiger partial charge on any atom is -0.308 e. The van der Waals surface area contributed by atoms with E-state index < -0.39 is 0 Å². The summed E-state index contributed by atoms with van der Waals surface area (Å²) in [6.07, 6.45) is 7.84. The van der Waals surface area contributed by atoms with E-state index in [1.54, 1.807) is 0 Å². The van der Waals surface area contributed by atoms with Crippen LogP contribution >= 0.6 is 0 Å². The van der Waals surface area contributed by atoms with Crippen molar-refractivity contribution in [3.8, 4) is 0 Å². The second-order valence-electron chi connectivity index (χ2n) is 6.40. The highest BCUT2D eigenvalue weighted by Gasteiger charge is 2.45. The molecule has 1 aliphatic carbocycles. The molecule has 3 rings (SSSR count). The fourth-order valence-corrected chi connectivity index (χ4v) is 3.39. The van der Waals surface area contributed by atoms with Gasteiger partial charge in [0, 0.05) is 43.6 Å². The van der Waals surface area contributed by atoms with E-state index in [1.165, 1.54) is 31.4 Å². The second-order valence-corrected chi connectivity index (χ2v) is 6.40. The Labute approximate surface area is 116 Å². The molecule has 1 aromatic rings. The molecule has 2 heterocycles. The number of piperazine rings is 1. The summed E-state index contributed by atoms with van der Waals surface area (Å²) < 4.78 is 0. The Morgan fingerprint density at radius 1 is 1.37 bits per heavy atom. The standard InChI is InChI=1S/C16H25N3/c1-3-15-10-18-16(2,14-4-5-14)12-19(15)11-13-6-8-17-9-7-13/h6-9,14-15,18H,3-5,10-12H2,1-2H3. The lowest BCUT2D eigenvalue weighted by Crippen LogP contribution is -2.63. The van der Waals surface area contributed by atoms with Crippen molar-refractivity contribution in [2.45, 2.75) is 51.2 Å². The highest BCUT2D eigenvalue weighted by molar-refractivity contribution is 5.11. The van der Waals surface area contributed by atoms with Gasteiger partial charge in [-0.25, -0.2) is 0 Å². The van der Waals surface area contributed by atoms with Crippen LogP contribution in [0.4, 0.5) is 0 Å². The molecule has 0 aromatic carbocycles. The number of pyridine rings is 1. The van der Waals surface area contributed by atoms with E-state index >= 15 is 0 Å². The van der Waals surface area contributed by atoms with Crippen molar-refractivity contribution in [3.63, 3.8) is 0 Å². The lowest BCUT2D eigenvalue weighted by Gasteiger charge is -2.46. The normalized spacial score (nSPS) is 32.4. The average Bonchev–Trinajstić information content (AvgIpc) is 3.25. The summed E-state index contributed by atoms with van der Waals surface area (Å²) in [5.41, 5.74) is 1.71. The van der Waals surface area contributed by atoms with Gasteiger partial charge in [0.25, 0.3) is 0 Å². The predicted octanol–water partition coefficient (Wildman–Crippen LogP) is 2.43. The molecule has 0 amide bonds. The van der Waals surface area contributed by atoms with Gasteiger partial charge in [-0.05, 0) is 49.8 Å². The van der Waals surface area contributed by atoms with Crippen molar-refractivity contribution in [2.75, 3.05) is 13.1 Å². The van der Waals surface area contributed by atoms with Crippen molar-refractivity contribution in [2.24, 2.45) is 5.92 Å². The zero-order chi connectivity index (χ0) is 13.3. The average molecular weight is 259 g/mol. The molecule has 1 aliphatic heterocycles. The molecule has 2 fully saturated rings. The number of aromatic nitrogens is 1. The van der Waals surface area contributed by atoms with Crippen LogP contribution in [0.3, 0.4) is 0 Å². The van der Waals surface area contributed by atoms with E-state index in [0.717, 1.165) is 19.0 Å². The first-order valence-electron chi connectivity index (χ1n) is 7.59. The molecule has 2 atom stereocenters. The second kappa shape index (κ2) is 5.22. The minimum atomic E-state index is 0.332. The Balaban J connectivity index is 1.72. The Morgan fingerprint density at radius 3 is 2.74 bits per heavy atom. The molecule has 3 heteroatoms. The molecule has 0 radical (unpaired) electrons. The Bertz CT molecular complexity index is 415. The Hall–Kier alpha value is -0.930. The fraction of sp³-hybridized carbons (Fsp3) is 0.688. The summed E-state index contributed by atoms with van der Waals surface area (Å²) in [5, 5.41) is 3.82. The summed E-state index contributed by atoms with van der Waals surface area (Å²) in [6, 6.07) is 4.95. The Morgan fingerprint density at radius 2 is 2.11 bits per heavy atom. The van der Waals surface area contributed by atoms with Crippen molar-refractivity contribution >= 4 is 0 Å². The summed E-state index contributed by atoms with van der Waals surface area (Å²) in [5.74, 6) is 0.894. The largest absolute Gasteiger partial charge is 0.308 e. The Kier molecular flexibility index (Phi) is 3.59. The van der Waals surface area contributed by atoms with Gasteiger partial charge in [-0.15, -0.1) is 0 Å². The van der Waals surface area contributed by atoms with Crippen LogP contribution in [-0.2, 0) is 6.54 Å². The zero-order valence-electron chi connectivity index (χ0n) is 12.1. The number of hydrogen-bond acceptors (Lipinski definition) is 3. The third-order valence-electron chi connectivity index (χ3n) is 4.87. The maximum atomic E-state index is 4.11. The van der Waals surface area contributed by atoms with E-state index in [1.807, 2.05) is 12.4 Å². The van der Waals surface area contributed by atoms with E-state index in [2.05, 4.69) is 41.2 Å². The van der Waals surface area contributed by atoms with Crippen LogP contribution in [-0.4, -0.2) is 34.6 Å². The smallest absolute Gasteiger partial charge is 0.0309 e. The molecule has 1 saturated carbocycles. The van der Waals surface area contributed by atoms with Crippen molar-refractivity contribution in [1.29, 1.82) is 0 Å². The van der Waals surface area contributed by atoms with Gasteiger partial charge < -0.3 is 5.32 Å². The van der Waals surface area contributed by atoms with E-state index in [9.17, 15) is 0 Å². The first kappa shape index (κ1) is 13.1. The molecular weight excluding hydrogens is 234 g/mol. The number of rotatable bonds is 4. The molecule has 19 heavy (non-hydrogen) atoms. The van der Waals surface area contributed by atoms with E-state index in [-0.39, 0.29) is 0 Å². The molecule has 0 bridgehead atoms. The van der Waals surface area contributed by atoms with E-state index in [4.69, 9.17) is 0 Å². The molecule has 2 aliphatic rings. The topological polar surface area (TPSA) is 28.2 Å². The van der Waals surface area contributed by atoms with Crippen LogP contribution in [0.25, 0.3) is 0 Å². The summed E-state index contributed by atoms with van der Waals surface area (Å²) >= 11 is 0. The van der Waals surface area contributed by atoms with Crippen molar-refractivity contribution in [3.05, 3.63) is 30.1 Å². The first-order valence-corrected chi connectivity index (χ1v) is 7.59. The van der Waals surface area contributed by atoms with Crippen LogP contribution in [0.5, 0.6) is 0 Å². The van der Waals surface area contributed by atoms with Gasteiger partial charge in [0.2, 0.25) is 0 Å². The maximum Gasteiger partial charge on any atom is 0.0309 e. The highest BCUT2D eigenvalue weighted by Crippen LogP contribution is 2.41. The molecule has 1 aromatic heterocycles. The van der Waals surface area contributed by atoms with Gasteiger partial charge in [-0.2, -0.15) is 0 Å². The van der Waals surface area contributed by atoms with E-state index in [0.29, 0.717) is 11.6 Å². The molecule has 1 N–H and O–H groups in total. The molecule has 1 saturated heterocycles. The molecule has 3 nitrogen and oxygen atoms in total. The predicted molar refractivity (Wildman–Crippen MR) is 77.9 cm³/mol. The van der Waals surface area contributed by atoms with Crippen LogP contribution < -0.4 is 5.32 Å². The number of nitrogens with zero attached hydrogens (tertiary/aromatic N) is 2. The van der Waals surface area contributed by atoms with Crippen LogP contribution in [0.15, 0.2) is 24.5 Å². The zero-order valence-corrected chi connectivity index (χ0v) is 12.1. The number of hydrogen-bond donors (Lipinski definition) is 1. The first-order chi connectivity index (χ1) is 9.21. The van der Waals surface area contributed by atoms with Gasteiger partial charge in [0.15, 0.2) is 0 Å². The molecular formula is C16H25N3. The molecule has 104 valence electrons. The van der Waals surface area contributed by atoms with Gasteiger partial charge in [-0.1, -0.05) is 6.92 Å². The van der Waals surface area contributed by atoms with Crippen molar-refractivity contribution in [1.82, 2.24) is 15.2 Å². The van der Waals surface area contributed by atoms with Gasteiger partial charge in [0.1, 0.15) is 0 Å². The molecule has 2 unspecified atom stereocenters. The summed E-state index contributed by atoms with van der Waals surface area (Å²) in [4.78, 5) is 6.78. The van der Waals surface area contributed by atoms with Crippen LogP contribution in [0.1, 0.15) is 38.7 Å². The van der Waals surface area contributed by atoms with Gasteiger partial charge >= 0.3 is 0 Å². The number of nitrogens with one attached hydrogen (secondary N) is 1. The quantitative estimate of drug-likeness (QED) is 0.900. The fourth-order valence-electron chi connectivity index (χ4n) is 3.39. The third-order valence-corrected chi connectivity index (χ3v) is 4.87. The van der Waals surface area contributed by atoms with Crippen LogP contribution in [0, 0.1) is 5.92 Å². The molecule has 0 spiro atoms. The minimum absolute atomic E-state index is 0.332. The lowest BCUT2D eigenvalue weighted by atomic mass is 9.90. The summed E-state index contributed by atoms with van der Waals surface area (Å²) in [7, 11) is 0. The van der Waals surface area contributed by atoms with Gasteiger partial charge in [0.05, 0.1) is 0 Å². The maximum absolute atomic E-state index is 4.11.